The van der Waals surface area contributed by atoms with E-state index in [-0.39, 0.29) is 29.8 Å². The summed E-state index contributed by atoms with van der Waals surface area (Å²) in [7, 11) is 3.40. The summed E-state index contributed by atoms with van der Waals surface area (Å²) in [4.78, 5) is 7.41. The number of H-pyrrole nitrogens is 1. The number of nitrogens with one attached hydrogen (secondary N) is 3. The molecule has 0 fully saturated rings. The highest BCUT2D eigenvalue weighted by Crippen LogP contribution is 2.19. The van der Waals surface area contributed by atoms with Crippen LogP contribution in [0.15, 0.2) is 53.7 Å². The predicted octanol–water partition coefficient (Wildman–Crippen LogP) is 3.84. The first-order valence-electron chi connectivity index (χ1n) is 8.53. The molecule has 0 spiro atoms. The van der Waals surface area contributed by atoms with Crippen LogP contribution in [0, 0.1) is 5.82 Å². The predicted molar refractivity (Wildman–Crippen MR) is 119 cm³/mol. The van der Waals surface area contributed by atoms with Crippen molar-refractivity contribution >= 4 is 40.8 Å². The second-order valence-electron chi connectivity index (χ2n) is 5.92. The molecule has 0 atom stereocenters. The minimum atomic E-state index is -0.222. The van der Waals surface area contributed by atoms with Gasteiger partial charge in [0.15, 0.2) is 5.96 Å². The molecule has 0 saturated carbocycles. The van der Waals surface area contributed by atoms with Gasteiger partial charge in [-0.05, 0) is 36.2 Å². The van der Waals surface area contributed by atoms with E-state index in [1.807, 2.05) is 30.5 Å². The Morgan fingerprint density at radius 3 is 2.74 bits per heavy atom. The Balaban J connectivity index is 0.00000261. The number of rotatable bonds is 6. The largest absolute Gasteiger partial charge is 0.496 e. The van der Waals surface area contributed by atoms with Crippen LogP contribution >= 0.6 is 24.0 Å². The van der Waals surface area contributed by atoms with Gasteiger partial charge in [0, 0.05) is 42.8 Å². The van der Waals surface area contributed by atoms with E-state index in [0.29, 0.717) is 19.0 Å². The zero-order valence-electron chi connectivity index (χ0n) is 15.4. The van der Waals surface area contributed by atoms with Crippen LogP contribution in [0.3, 0.4) is 0 Å². The number of aromatic nitrogens is 1. The topological polar surface area (TPSA) is 61.4 Å². The van der Waals surface area contributed by atoms with Gasteiger partial charge in [0.1, 0.15) is 11.6 Å². The van der Waals surface area contributed by atoms with Crippen molar-refractivity contribution < 1.29 is 9.13 Å². The maximum Gasteiger partial charge on any atom is 0.191 e. The first-order valence-corrected chi connectivity index (χ1v) is 8.53. The van der Waals surface area contributed by atoms with Crippen LogP contribution in [0.2, 0.25) is 0 Å². The van der Waals surface area contributed by atoms with Crippen LogP contribution in [0.25, 0.3) is 10.9 Å². The monoisotopic (exact) mass is 482 g/mol. The summed E-state index contributed by atoms with van der Waals surface area (Å²) in [6.45, 7) is 1.30. The number of fused-ring (bicyclic) bond motifs is 1. The zero-order chi connectivity index (χ0) is 18.4. The van der Waals surface area contributed by atoms with Crippen molar-refractivity contribution in [3.05, 3.63) is 65.6 Å². The van der Waals surface area contributed by atoms with Crippen LogP contribution in [-0.4, -0.2) is 31.6 Å². The van der Waals surface area contributed by atoms with E-state index in [1.165, 1.54) is 6.07 Å². The SMILES string of the molecule is CN=C(NCCc1c[nH]c2ccc(F)cc12)NCc1ccccc1OC.I. The maximum atomic E-state index is 13.5. The molecule has 1 heterocycles. The summed E-state index contributed by atoms with van der Waals surface area (Å²) in [5.74, 6) is 1.33. The molecule has 3 aromatic rings. The fourth-order valence-corrected chi connectivity index (χ4v) is 2.92. The molecule has 3 rings (SSSR count). The van der Waals surface area contributed by atoms with Crippen LogP contribution in [0.5, 0.6) is 5.75 Å². The second-order valence-corrected chi connectivity index (χ2v) is 5.92. The number of aliphatic imine (C=N–C) groups is 1. The molecule has 3 N–H and O–H groups in total. The molecule has 27 heavy (non-hydrogen) atoms. The highest BCUT2D eigenvalue weighted by molar-refractivity contribution is 14.0. The lowest BCUT2D eigenvalue weighted by atomic mass is 10.1. The number of aromatic amines is 1. The number of nitrogens with zero attached hydrogens (tertiary/aromatic N) is 1. The van der Waals surface area contributed by atoms with E-state index in [4.69, 9.17) is 4.74 Å². The Morgan fingerprint density at radius 2 is 1.96 bits per heavy atom. The molecule has 7 heteroatoms. The molecule has 0 bridgehead atoms. The molecule has 0 aliphatic carbocycles. The fraction of sp³-hybridized carbons (Fsp3) is 0.250. The number of guanidine groups is 1. The third-order valence-electron chi connectivity index (χ3n) is 4.28. The standard InChI is InChI=1S/C20H23FN4O.HI/c1-22-20(25-13-15-5-3-4-6-19(15)26-2)23-10-9-14-12-24-18-8-7-16(21)11-17(14)18;/h3-8,11-12,24H,9-10,13H2,1-2H3,(H2,22,23,25);1H. The quantitative estimate of drug-likeness (QED) is 0.284. The molecule has 2 aromatic carbocycles. The van der Waals surface area contributed by atoms with Crippen LogP contribution in [0.1, 0.15) is 11.1 Å². The Morgan fingerprint density at radius 1 is 1.15 bits per heavy atom. The van der Waals surface area contributed by atoms with E-state index in [1.54, 1.807) is 26.3 Å². The number of benzene rings is 2. The van der Waals surface area contributed by atoms with Crippen LogP contribution in [-0.2, 0) is 13.0 Å². The summed E-state index contributed by atoms with van der Waals surface area (Å²) in [5.41, 5.74) is 3.08. The lowest BCUT2D eigenvalue weighted by molar-refractivity contribution is 0.409. The lowest BCUT2D eigenvalue weighted by Crippen LogP contribution is -2.37. The molecular weight excluding hydrogens is 458 g/mol. The van der Waals surface area contributed by atoms with Crippen LogP contribution in [0.4, 0.5) is 4.39 Å². The van der Waals surface area contributed by atoms with Gasteiger partial charge in [0.2, 0.25) is 0 Å². The van der Waals surface area contributed by atoms with Gasteiger partial charge in [-0.15, -0.1) is 24.0 Å². The number of halogens is 2. The first-order chi connectivity index (χ1) is 12.7. The van der Waals surface area contributed by atoms with Crippen molar-refractivity contribution in [1.82, 2.24) is 15.6 Å². The number of methoxy groups -OCH3 is 1. The molecule has 0 radical (unpaired) electrons. The molecule has 5 nitrogen and oxygen atoms in total. The molecule has 0 amide bonds. The van der Waals surface area contributed by atoms with Gasteiger partial charge >= 0.3 is 0 Å². The van der Waals surface area contributed by atoms with Gasteiger partial charge in [0.25, 0.3) is 0 Å². The Kier molecular flexibility index (Phi) is 7.90. The zero-order valence-corrected chi connectivity index (χ0v) is 17.7. The Hall–Kier alpha value is -2.29. The summed E-state index contributed by atoms with van der Waals surface area (Å²) in [6, 6.07) is 12.7. The average Bonchev–Trinajstić information content (AvgIpc) is 3.06. The molecule has 0 aliphatic rings. The molecule has 1 aromatic heterocycles. The van der Waals surface area contributed by atoms with Crippen molar-refractivity contribution in [2.45, 2.75) is 13.0 Å². The van der Waals surface area contributed by atoms with Gasteiger partial charge in [-0.3, -0.25) is 4.99 Å². The minimum Gasteiger partial charge on any atom is -0.496 e. The number of para-hydroxylation sites is 1. The average molecular weight is 482 g/mol. The van der Waals surface area contributed by atoms with Crippen molar-refractivity contribution in [1.29, 1.82) is 0 Å². The third kappa shape index (κ3) is 5.35. The van der Waals surface area contributed by atoms with Crippen molar-refractivity contribution in [2.24, 2.45) is 4.99 Å². The third-order valence-corrected chi connectivity index (χ3v) is 4.28. The molecule has 0 saturated heterocycles. The summed E-state index contributed by atoms with van der Waals surface area (Å²) in [5, 5.41) is 7.48. The fourth-order valence-electron chi connectivity index (χ4n) is 2.92. The molecule has 144 valence electrons. The van der Waals surface area contributed by atoms with Gasteiger partial charge in [-0.2, -0.15) is 0 Å². The minimum absolute atomic E-state index is 0. The molecular formula is C20H24FIN4O. The number of hydrogen-bond donors (Lipinski definition) is 3. The van der Waals surface area contributed by atoms with E-state index in [9.17, 15) is 4.39 Å². The summed E-state index contributed by atoms with van der Waals surface area (Å²) < 4.78 is 18.8. The Bertz CT molecular complexity index is 910. The van der Waals surface area contributed by atoms with Gasteiger partial charge in [0.05, 0.1) is 7.11 Å². The summed E-state index contributed by atoms with van der Waals surface area (Å²) >= 11 is 0. The van der Waals surface area contributed by atoms with Gasteiger partial charge in [-0.1, -0.05) is 18.2 Å². The van der Waals surface area contributed by atoms with E-state index in [2.05, 4.69) is 20.6 Å². The maximum absolute atomic E-state index is 13.5. The van der Waals surface area contributed by atoms with E-state index >= 15 is 0 Å². The van der Waals surface area contributed by atoms with Crippen molar-refractivity contribution in [3.63, 3.8) is 0 Å². The normalized spacial score (nSPS) is 11.1. The number of ether oxygens (including phenoxy) is 1. The van der Waals surface area contributed by atoms with E-state index < -0.39 is 0 Å². The first kappa shape index (κ1) is 21.0. The van der Waals surface area contributed by atoms with Gasteiger partial charge in [-0.25, -0.2) is 4.39 Å². The highest BCUT2D eigenvalue weighted by atomic mass is 127. The highest BCUT2D eigenvalue weighted by Gasteiger charge is 2.06. The number of hydrogen-bond acceptors (Lipinski definition) is 2. The molecule has 0 unspecified atom stereocenters. The Labute approximate surface area is 175 Å². The summed E-state index contributed by atoms with van der Waals surface area (Å²) in [6.07, 6.45) is 2.69. The second kappa shape index (κ2) is 10.1. The van der Waals surface area contributed by atoms with Crippen molar-refractivity contribution in [2.75, 3.05) is 20.7 Å². The smallest absolute Gasteiger partial charge is 0.191 e. The van der Waals surface area contributed by atoms with Crippen LogP contribution < -0.4 is 15.4 Å². The van der Waals surface area contributed by atoms with Crippen molar-refractivity contribution in [3.8, 4) is 5.75 Å². The molecule has 0 aliphatic heterocycles. The van der Waals surface area contributed by atoms with Gasteiger partial charge < -0.3 is 20.4 Å². The van der Waals surface area contributed by atoms with E-state index in [0.717, 1.165) is 34.2 Å². The lowest BCUT2D eigenvalue weighted by Gasteiger charge is -2.13.